The molecule has 0 spiro atoms. The summed E-state index contributed by atoms with van der Waals surface area (Å²) in [7, 11) is 0. The number of unbranched alkanes of at least 4 members (excludes halogenated alkanes) is 1. The van der Waals surface area contributed by atoms with Crippen molar-refractivity contribution in [2.75, 3.05) is 17.6 Å². The average Bonchev–Trinajstić information content (AvgIpc) is 3.01. The van der Waals surface area contributed by atoms with E-state index in [0.29, 0.717) is 27.3 Å². The fourth-order valence-electron chi connectivity index (χ4n) is 1.66. The van der Waals surface area contributed by atoms with Crippen molar-refractivity contribution >= 4 is 40.0 Å². The molecule has 0 aliphatic heterocycles. The van der Waals surface area contributed by atoms with Crippen molar-refractivity contribution in [1.82, 2.24) is 15.5 Å². The van der Waals surface area contributed by atoms with Crippen LogP contribution >= 0.6 is 23.1 Å². The van der Waals surface area contributed by atoms with Crippen LogP contribution in [0.4, 0.5) is 5.13 Å². The van der Waals surface area contributed by atoms with Gasteiger partial charge >= 0.3 is 0 Å². The van der Waals surface area contributed by atoms with Crippen LogP contribution in [0.25, 0.3) is 0 Å². The number of hydrogen-bond donors (Lipinski definition) is 2. The Morgan fingerprint density at radius 1 is 1.22 bits per heavy atom. The van der Waals surface area contributed by atoms with Gasteiger partial charge < -0.3 is 5.32 Å². The second-order valence-corrected chi connectivity index (χ2v) is 6.89. The maximum atomic E-state index is 12.0. The molecule has 2 amide bonds. The first kappa shape index (κ1) is 17.4. The van der Waals surface area contributed by atoms with E-state index in [1.165, 1.54) is 23.1 Å². The fourth-order valence-corrected chi connectivity index (χ4v) is 3.24. The predicted octanol–water partition coefficient (Wildman–Crippen LogP) is 2.80. The maximum Gasteiger partial charge on any atom is 0.257 e. The summed E-state index contributed by atoms with van der Waals surface area (Å²) in [5, 5.41) is 13.9. The number of thioether (sulfide) groups is 1. The van der Waals surface area contributed by atoms with Crippen LogP contribution in [-0.2, 0) is 4.79 Å². The zero-order chi connectivity index (χ0) is 16.5. The number of anilines is 1. The van der Waals surface area contributed by atoms with Crippen molar-refractivity contribution in [3.05, 3.63) is 35.9 Å². The first-order chi connectivity index (χ1) is 11.2. The Kier molecular flexibility index (Phi) is 7.02. The van der Waals surface area contributed by atoms with E-state index in [0.717, 1.165) is 12.8 Å². The van der Waals surface area contributed by atoms with Gasteiger partial charge in [-0.25, -0.2) is 0 Å². The summed E-state index contributed by atoms with van der Waals surface area (Å²) in [5.74, 6) is 0.0504. The Morgan fingerprint density at radius 3 is 2.74 bits per heavy atom. The topological polar surface area (TPSA) is 84.0 Å². The molecule has 8 heteroatoms. The molecule has 0 radical (unpaired) electrons. The Hall–Kier alpha value is -1.93. The molecule has 1 aromatic heterocycles. The predicted molar refractivity (Wildman–Crippen MR) is 92.9 cm³/mol. The van der Waals surface area contributed by atoms with Crippen molar-refractivity contribution < 1.29 is 9.59 Å². The second-order valence-electron chi connectivity index (χ2n) is 4.69. The quantitative estimate of drug-likeness (QED) is 0.434. The number of amides is 2. The molecule has 0 aliphatic rings. The van der Waals surface area contributed by atoms with E-state index in [2.05, 4.69) is 27.8 Å². The molecular formula is C15H18N4O2S2. The van der Waals surface area contributed by atoms with E-state index >= 15 is 0 Å². The number of carbonyl (C=O) groups is 2. The minimum atomic E-state index is -0.226. The van der Waals surface area contributed by atoms with E-state index in [1.54, 1.807) is 24.3 Å². The van der Waals surface area contributed by atoms with Gasteiger partial charge in [0, 0.05) is 12.1 Å². The molecule has 0 saturated heterocycles. The van der Waals surface area contributed by atoms with Crippen LogP contribution < -0.4 is 10.6 Å². The number of aromatic nitrogens is 2. The van der Waals surface area contributed by atoms with Gasteiger partial charge in [-0.3, -0.25) is 14.9 Å². The van der Waals surface area contributed by atoms with Crippen molar-refractivity contribution in [3.8, 4) is 0 Å². The van der Waals surface area contributed by atoms with Gasteiger partial charge in [-0.05, 0) is 18.6 Å². The molecule has 23 heavy (non-hydrogen) atoms. The number of carbonyl (C=O) groups excluding carboxylic acids is 2. The van der Waals surface area contributed by atoms with Gasteiger partial charge in [0.1, 0.15) is 0 Å². The minimum absolute atomic E-state index is 0.0199. The number of nitrogens with zero attached hydrogens (tertiary/aromatic N) is 2. The van der Waals surface area contributed by atoms with Gasteiger partial charge in [-0.2, -0.15) is 0 Å². The van der Waals surface area contributed by atoms with Crippen LogP contribution in [0.3, 0.4) is 0 Å². The van der Waals surface area contributed by atoms with Crippen LogP contribution in [0.2, 0.25) is 0 Å². The summed E-state index contributed by atoms with van der Waals surface area (Å²) in [6.07, 6.45) is 2.03. The third-order valence-electron chi connectivity index (χ3n) is 2.84. The van der Waals surface area contributed by atoms with Crippen LogP contribution in [0.5, 0.6) is 0 Å². The van der Waals surface area contributed by atoms with Crippen LogP contribution in [0.1, 0.15) is 30.1 Å². The van der Waals surface area contributed by atoms with Crippen molar-refractivity contribution in [1.29, 1.82) is 0 Å². The van der Waals surface area contributed by atoms with Gasteiger partial charge in [0.2, 0.25) is 11.0 Å². The smallest absolute Gasteiger partial charge is 0.257 e. The Labute approximate surface area is 143 Å². The normalized spacial score (nSPS) is 10.3. The maximum absolute atomic E-state index is 12.0. The van der Waals surface area contributed by atoms with E-state index in [4.69, 9.17) is 0 Å². The van der Waals surface area contributed by atoms with Crippen molar-refractivity contribution in [2.45, 2.75) is 24.1 Å². The molecule has 0 unspecified atom stereocenters. The average molecular weight is 350 g/mol. The molecule has 2 rings (SSSR count). The van der Waals surface area contributed by atoms with Crippen molar-refractivity contribution in [2.24, 2.45) is 0 Å². The van der Waals surface area contributed by atoms with Gasteiger partial charge in [0.05, 0.1) is 5.75 Å². The lowest BCUT2D eigenvalue weighted by atomic mass is 10.2. The summed E-state index contributed by atoms with van der Waals surface area (Å²) in [5.41, 5.74) is 0.562. The van der Waals surface area contributed by atoms with Gasteiger partial charge in [-0.1, -0.05) is 54.6 Å². The third kappa shape index (κ3) is 5.99. The van der Waals surface area contributed by atoms with Crippen LogP contribution in [-0.4, -0.2) is 34.3 Å². The van der Waals surface area contributed by atoms with Crippen LogP contribution in [0.15, 0.2) is 34.7 Å². The van der Waals surface area contributed by atoms with Gasteiger partial charge in [-0.15, -0.1) is 10.2 Å². The summed E-state index contributed by atoms with van der Waals surface area (Å²) in [6, 6.07) is 8.91. The summed E-state index contributed by atoms with van der Waals surface area (Å²) < 4.78 is 0.652. The highest BCUT2D eigenvalue weighted by Crippen LogP contribution is 2.25. The Balaban J connectivity index is 1.79. The molecule has 1 heterocycles. The lowest BCUT2D eigenvalue weighted by Gasteiger charge is -2.02. The zero-order valence-corrected chi connectivity index (χ0v) is 14.4. The monoisotopic (exact) mass is 350 g/mol. The highest BCUT2D eigenvalue weighted by Gasteiger charge is 2.11. The van der Waals surface area contributed by atoms with E-state index in [1.807, 2.05) is 6.07 Å². The first-order valence-corrected chi connectivity index (χ1v) is 9.08. The molecule has 0 fully saturated rings. The molecule has 6 nitrogen and oxygen atoms in total. The number of nitrogens with one attached hydrogen (secondary N) is 2. The van der Waals surface area contributed by atoms with E-state index in [9.17, 15) is 9.59 Å². The molecule has 2 aromatic rings. The Morgan fingerprint density at radius 2 is 2.00 bits per heavy atom. The van der Waals surface area contributed by atoms with E-state index < -0.39 is 0 Å². The standard InChI is InChI=1S/C15H18N4O2S2/c1-2-3-9-16-12(20)10-22-15-19-18-14(23-15)17-13(21)11-7-5-4-6-8-11/h4-8H,2-3,9-10H2,1H3,(H,16,20)(H,17,18,21). The molecule has 2 N–H and O–H groups in total. The summed E-state index contributed by atoms with van der Waals surface area (Å²) in [6.45, 7) is 2.78. The molecular weight excluding hydrogens is 332 g/mol. The number of benzene rings is 1. The van der Waals surface area contributed by atoms with Crippen LogP contribution in [0, 0.1) is 0 Å². The number of hydrogen-bond acceptors (Lipinski definition) is 6. The third-order valence-corrected chi connectivity index (χ3v) is 4.81. The molecule has 122 valence electrons. The van der Waals surface area contributed by atoms with Gasteiger partial charge in [0.15, 0.2) is 4.34 Å². The van der Waals surface area contributed by atoms with Crippen molar-refractivity contribution in [3.63, 3.8) is 0 Å². The lowest BCUT2D eigenvalue weighted by Crippen LogP contribution is -2.25. The molecule has 0 bridgehead atoms. The SMILES string of the molecule is CCCCNC(=O)CSc1nnc(NC(=O)c2ccccc2)s1. The lowest BCUT2D eigenvalue weighted by molar-refractivity contribution is -0.118. The molecule has 0 saturated carbocycles. The molecule has 0 atom stereocenters. The largest absolute Gasteiger partial charge is 0.355 e. The number of rotatable bonds is 8. The molecule has 1 aromatic carbocycles. The van der Waals surface area contributed by atoms with Gasteiger partial charge in [0.25, 0.3) is 5.91 Å². The molecule has 0 aliphatic carbocycles. The highest BCUT2D eigenvalue weighted by atomic mass is 32.2. The highest BCUT2D eigenvalue weighted by molar-refractivity contribution is 8.01. The fraction of sp³-hybridized carbons (Fsp3) is 0.333. The first-order valence-electron chi connectivity index (χ1n) is 7.28. The van der Waals surface area contributed by atoms with E-state index in [-0.39, 0.29) is 11.8 Å². The second kappa shape index (κ2) is 9.26. The Bertz CT molecular complexity index is 646. The minimum Gasteiger partial charge on any atom is -0.355 e. The zero-order valence-electron chi connectivity index (χ0n) is 12.7. The summed E-state index contributed by atoms with van der Waals surface area (Å²) >= 11 is 2.57. The summed E-state index contributed by atoms with van der Waals surface area (Å²) in [4.78, 5) is 23.6.